The first-order valence-corrected chi connectivity index (χ1v) is 4.98. The zero-order chi connectivity index (χ0) is 12.0. The van der Waals surface area contributed by atoms with Crippen molar-refractivity contribution < 1.29 is 9.59 Å². The molecule has 0 aromatic rings. The first-order chi connectivity index (χ1) is 7.69. The molecule has 1 rings (SSSR count). The van der Waals surface area contributed by atoms with E-state index in [-0.39, 0.29) is 37.7 Å². The van der Waals surface area contributed by atoms with E-state index in [0.717, 1.165) is 0 Å². The summed E-state index contributed by atoms with van der Waals surface area (Å²) in [5.74, 6) is -0.319. The van der Waals surface area contributed by atoms with Crippen LogP contribution in [-0.4, -0.2) is 47.8 Å². The molecule has 84 valence electrons. The Kier molecular flexibility index (Phi) is 4.28. The number of nitrogens with zero attached hydrogens (tertiary/aromatic N) is 4. The van der Waals surface area contributed by atoms with Gasteiger partial charge in [-0.3, -0.25) is 9.59 Å². The van der Waals surface area contributed by atoms with E-state index >= 15 is 0 Å². The summed E-state index contributed by atoms with van der Waals surface area (Å²) >= 11 is 0. The summed E-state index contributed by atoms with van der Waals surface area (Å²) in [7, 11) is 0. The molecule has 0 unspecified atom stereocenters. The molecule has 16 heavy (non-hydrogen) atoms. The van der Waals surface area contributed by atoms with Gasteiger partial charge in [-0.2, -0.15) is 10.5 Å². The van der Waals surface area contributed by atoms with E-state index in [0.29, 0.717) is 13.1 Å². The van der Waals surface area contributed by atoms with Crippen molar-refractivity contribution in [2.24, 2.45) is 0 Å². The van der Waals surface area contributed by atoms with Gasteiger partial charge < -0.3 is 9.80 Å². The molecule has 1 saturated heterocycles. The molecule has 1 aliphatic heterocycles. The number of hydrogen-bond donors (Lipinski definition) is 0. The number of nitriles is 2. The van der Waals surface area contributed by atoms with E-state index < -0.39 is 0 Å². The van der Waals surface area contributed by atoms with Crippen LogP contribution in [0.1, 0.15) is 12.8 Å². The largest absolute Gasteiger partial charge is 0.331 e. The molecule has 0 atom stereocenters. The van der Waals surface area contributed by atoms with Crippen LogP contribution in [0.2, 0.25) is 0 Å². The predicted octanol–water partition coefficient (Wildman–Crippen LogP) is -0.515. The maximum Gasteiger partial charge on any atom is 0.242 e. The molecule has 0 N–H and O–H groups in total. The van der Waals surface area contributed by atoms with E-state index in [2.05, 4.69) is 0 Å². The van der Waals surface area contributed by atoms with Crippen molar-refractivity contribution in [3.05, 3.63) is 0 Å². The van der Waals surface area contributed by atoms with Crippen LogP contribution in [0, 0.1) is 22.7 Å². The third kappa shape index (κ3) is 2.96. The molecule has 0 saturated carbocycles. The van der Waals surface area contributed by atoms with Crippen molar-refractivity contribution in [1.29, 1.82) is 10.5 Å². The number of carbonyl (C=O) groups excluding carboxylic acids is 2. The molecule has 1 fully saturated rings. The van der Waals surface area contributed by atoms with Crippen LogP contribution < -0.4 is 0 Å². The number of rotatable bonds is 4. The highest BCUT2D eigenvalue weighted by Gasteiger charge is 2.28. The monoisotopic (exact) mass is 220 g/mol. The maximum atomic E-state index is 11.6. The Morgan fingerprint density at radius 1 is 0.938 bits per heavy atom. The Hall–Kier alpha value is -2.08. The van der Waals surface area contributed by atoms with Crippen molar-refractivity contribution in [3.8, 4) is 12.1 Å². The average molecular weight is 220 g/mol. The van der Waals surface area contributed by atoms with Gasteiger partial charge in [0.15, 0.2) is 0 Å². The van der Waals surface area contributed by atoms with Crippen molar-refractivity contribution in [1.82, 2.24) is 9.80 Å². The van der Waals surface area contributed by atoms with Gasteiger partial charge in [-0.1, -0.05) is 0 Å². The molecular formula is C10H12N4O2. The second kappa shape index (κ2) is 5.72. The highest BCUT2D eigenvalue weighted by molar-refractivity contribution is 5.92. The Balaban J connectivity index is 2.51. The van der Waals surface area contributed by atoms with Gasteiger partial charge in [0.05, 0.1) is 38.1 Å². The van der Waals surface area contributed by atoms with Gasteiger partial charge in [-0.25, -0.2) is 0 Å². The molecule has 0 aromatic heterocycles. The summed E-state index contributed by atoms with van der Waals surface area (Å²) in [5.41, 5.74) is 0. The highest BCUT2D eigenvalue weighted by atomic mass is 16.2. The predicted molar refractivity (Wildman–Crippen MR) is 53.6 cm³/mol. The number of piperazine rings is 1. The molecule has 6 nitrogen and oxygen atoms in total. The fourth-order valence-corrected chi connectivity index (χ4v) is 1.48. The first kappa shape index (κ1) is 12.0. The fourth-order valence-electron chi connectivity index (χ4n) is 1.48. The first-order valence-electron chi connectivity index (χ1n) is 4.98. The summed E-state index contributed by atoms with van der Waals surface area (Å²) in [6, 6.07) is 3.87. The third-order valence-corrected chi connectivity index (χ3v) is 2.34. The van der Waals surface area contributed by atoms with Gasteiger partial charge in [-0.15, -0.1) is 0 Å². The van der Waals surface area contributed by atoms with E-state index in [1.54, 1.807) is 0 Å². The average Bonchev–Trinajstić information content (AvgIpc) is 2.28. The summed E-state index contributed by atoms with van der Waals surface area (Å²) in [5, 5.41) is 16.8. The summed E-state index contributed by atoms with van der Waals surface area (Å²) in [6.45, 7) is 0.637. The minimum atomic E-state index is -0.159. The lowest BCUT2D eigenvalue weighted by Gasteiger charge is -2.33. The van der Waals surface area contributed by atoms with Crippen LogP contribution in [-0.2, 0) is 9.59 Å². The molecule has 6 heteroatoms. The molecule has 1 heterocycles. The van der Waals surface area contributed by atoms with Crippen LogP contribution in [0.25, 0.3) is 0 Å². The van der Waals surface area contributed by atoms with Crippen molar-refractivity contribution in [2.75, 3.05) is 26.2 Å². The second-order valence-electron chi connectivity index (χ2n) is 3.45. The smallest absolute Gasteiger partial charge is 0.242 e. The lowest BCUT2D eigenvalue weighted by molar-refractivity contribution is -0.149. The summed E-state index contributed by atoms with van der Waals surface area (Å²) in [6.07, 6.45) is 0.467. The Morgan fingerprint density at radius 2 is 1.31 bits per heavy atom. The van der Waals surface area contributed by atoms with Crippen LogP contribution in [0.15, 0.2) is 0 Å². The van der Waals surface area contributed by atoms with Crippen LogP contribution >= 0.6 is 0 Å². The van der Waals surface area contributed by atoms with Crippen molar-refractivity contribution in [2.45, 2.75) is 12.8 Å². The summed E-state index contributed by atoms with van der Waals surface area (Å²) < 4.78 is 0. The number of amides is 2. The molecular weight excluding hydrogens is 208 g/mol. The normalized spacial score (nSPS) is 15.9. The maximum absolute atomic E-state index is 11.6. The van der Waals surface area contributed by atoms with Gasteiger partial charge in [-0.05, 0) is 0 Å². The topological polar surface area (TPSA) is 88.2 Å². The lowest BCUT2D eigenvalue weighted by atomic mass is 10.2. The highest BCUT2D eigenvalue weighted by Crippen LogP contribution is 2.06. The zero-order valence-electron chi connectivity index (χ0n) is 8.85. The second-order valence-corrected chi connectivity index (χ2v) is 3.45. The van der Waals surface area contributed by atoms with Crippen LogP contribution in [0.3, 0.4) is 0 Å². The van der Waals surface area contributed by atoms with Crippen molar-refractivity contribution in [3.63, 3.8) is 0 Å². The Bertz CT molecular complexity index is 330. The minimum Gasteiger partial charge on any atom is -0.331 e. The Morgan fingerprint density at radius 3 is 1.62 bits per heavy atom. The van der Waals surface area contributed by atoms with E-state index in [1.807, 2.05) is 12.1 Å². The Labute approximate surface area is 93.6 Å². The summed E-state index contributed by atoms with van der Waals surface area (Å²) in [4.78, 5) is 25.9. The van der Waals surface area contributed by atoms with Gasteiger partial charge in [0.1, 0.15) is 0 Å². The van der Waals surface area contributed by atoms with Gasteiger partial charge in [0, 0.05) is 13.1 Å². The van der Waals surface area contributed by atoms with Crippen LogP contribution in [0.5, 0.6) is 0 Å². The van der Waals surface area contributed by atoms with Gasteiger partial charge in [0.2, 0.25) is 11.8 Å². The lowest BCUT2D eigenvalue weighted by Crippen LogP contribution is -2.53. The minimum absolute atomic E-state index is 0.0198. The molecule has 0 bridgehead atoms. The molecule has 0 aromatic carbocycles. The fraction of sp³-hybridized carbons (Fsp3) is 0.600. The van der Waals surface area contributed by atoms with Gasteiger partial charge in [0.25, 0.3) is 0 Å². The number of hydrogen-bond acceptors (Lipinski definition) is 4. The van der Waals surface area contributed by atoms with Gasteiger partial charge >= 0.3 is 0 Å². The molecule has 0 aliphatic carbocycles. The van der Waals surface area contributed by atoms with Crippen LogP contribution in [0.4, 0.5) is 0 Å². The number of carbonyl (C=O) groups is 2. The molecule has 1 aliphatic rings. The molecule has 2 amide bonds. The molecule has 0 spiro atoms. The van der Waals surface area contributed by atoms with Crippen molar-refractivity contribution >= 4 is 11.8 Å². The van der Waals surface area contributed by atoms with E-state index in [4.69, 9.17) is 10.5 Å². The quantitative estimate of drug-likeness (QED) is 0.638. The third-order valence-electron chi connectivity index (χ3n) is 2.34. The molecule has 0 radical (unpaired) electrons. The SMILES string of the molecule is N#CCCN1CC(=O)N(CCC#N)CC1=O. The standard InChI is InChI=1S/C10H12N4O2/c11-3-1-5-13-7-10(16)14(6-2-4-12)8-9(13)15/h1-2,5-8H2. The zero-order valence-corrected chi connectivity index (χ0v) is 8.85. The van der Waals surface area contributed by atoms with E-state index in [9.17, 15) is 9.59 Å². The van der Waals surface area contributed by atoms with E-state index in [1.165, 1.54) is 9.80 Å².